The van der Waals surface area contributed by atoms with Gasteiger partial charge in [0.25, 0.3) is 0 Å². The molecule has 0 unspecified atom stereocenters. The summed E-state index contributed by atoms with van der Waals surface area (Å²) < 4.78 is 50.3. The minimum Gasteiger partial charge on any atom is -0.508 e. The van der Waals surface area contributed by atoms with Gasteiger partial charge >= 0.3 is 6.18 Å². The summed E-state index contributed by atoms with van der Waals surface area (Å²) in [7, 11) is 0. The van der Waals surface area contributed by atoms with E-state index in [2.05, 4.69) is 0 Å². The van der Waals surface area contributed by atoms with Gasteiger partial charge in [-0.05, 0) is 55.6 Å². The highest BCUT2D eigenvalue weighted by Gasteiger charge is 2.33. The molecule has 1 aliphatic heterocycles. The van der Waals surface area contributed by atoms with Gasteiger partial charge in [0.15, 0.2) is 0 Å². The van der Waals surface area contributed by atoms with Gasteiger partial charge in [0.2, 0.25) is 0 Å². The third-order valence-electron chi connectivity index (χ3n) is 3.41. The Balaban J connectivity index is 1.98. The first kappa shape index (κ1) is 14.1. The van der Waals surface area contributed by atoms with E-state index in [1.54, 1.807) is 0 Å². The molecule has 1 saturated heterocycles. The molecule has 0 spiro atoms. The van der Waals surface area contributed by atoms with Crippen LogP contribution in [0.15, 0.2) is 18.2 Å². The summed E-state index contributed by atoms with van der Waals surface area (Å²) in [6, 6.07) is 3.81. The minimum absolute atomic E-state index is 0.0193. The Morgan fingerprint density at radius 1 is 1.21 bits per heavy atom. The highest BCUT2D eigenvalue weighted by atomic mass is 19.4. The second-order valence-corrected chi connectivity index (χ2v) is 4.87. The average molecular weight is 277 g/mol. The van der Waals surface area contributed by atoms with E-state index in [-0.39, 0.29) is 11.7 Å². The summed E-state index contributed by atoms with van der Waals surface area (Å²) in [4.78, 5) is 1.33. The number of hydrogen-bond acceptors (Lipinski definition) is 2. The van der Waals surface area contributed by atoms with Gasteiger partial charge < -0.3 is 5.11 Å². The Hall–Kier alpha value is -1.30. The lowest BCUT2D eigenvalue weighted by molar-refractivity contribution is -0.147. The molecule has 0 bridgehead atoms. The quantitative estimate of drug-likeness (QED) is 0.839. The van der Waals surface area contributed by atoms with E-state index in [0.717, 1.165) is 0 Å². The van der Waals surface area contributed by atoms with Crippen molar-refractivity contribution in [3.63, 3.8) is 0 Å². The number of piperidine rings is 1. The van der Waals surface area contributed by atoms with E-state index in [1.165, 1.54) is 23.1 Å². The van der Waals surface area contributed by atoms with Crippen molar-refractivity contribution in [3.05, 3.63) is 29.6 Å². The van der Waals surface area contributed by atoms with Crippen molar-refractivity contribution in [1.82, 2.24) is 4.90 Å². The van der Waals surface area contributed by atoms with Crippen molar-refractivity contribution in [3.8, 4) is 5.75 Å². The first-order chi connectivity index (χ1) is 8.85. The number of phenolic OH excluding ortho intramolecular Hbond substituents is 1. The van der Waals surface area contributed by atoms with Crippen LogP contribution in [0.1, 0.15) is 24.3 Å². The predicted octanol–water partition coefficient (Wildman–Crippen LogP) is 3.27. The number of benzene rings is 1. The molecular formula is C13H15F4NO. The molecule has 0 saturated carbocycles. The van der Waals surface area contributed by atoms with Gasteiger partial charge in [0.1, 0.15) is 11.6 Å². The van der Waals surface area contributed by atoms with Crippen LogP contribution in [0.25, 0.3) is 0 Å². The fourth-order valence-electron chi connectivity index (χ4n) is 2.50. The van der Waals surface area contributed by atoms with Crippen LogP contribution in [0.5, 0.6) is 5.75 Å². The zero-order valence-electron chi connectivity index (χ0n) is 10.3. The van der Waals surface area contributed by atoms with Crippen LogP contribution in [-0.4, -0.2) is 35.8 Å². The lowest BCUT2D eigenvalue weighted by Gasteiger charge is -2.32. The molecule has 6 heteroatoms. The number of aromatic hydroxyl groups is 1. The van der Waals surface area contributed by atoms with Crippen molar-refractivity contribution in [2.24, 2.45) is 0 Å². The average Bonchev–Trinajstić information content (AvgIpc) is 2.31. The van der Waals surface area contributed by atoms with Crippen molar-refractivity contribution in [2.45, 2.75) is 24.9 Å². The van der Waals surface area contributed by atoms with Crippen LogP contribution in [0.3, 0.4) is 0 Å². The second kappa shape index (κ2) is 5.36. The van der Waals surface area contributed by atoms with Gasteiger partial charge in [0, 0.05) is 0 Å². The zero-order chi connectivity index (χ0) is 14.0. The van der Waals surface area contributed by atoms with Gasteiger partial charge in [-0.15, -0.1) is 0 Å². The van der Waals surface area contributed by atoms with Crippen molar-refractivity contribution in [1.29, 1.82) is 0 Å². The van der Waals surface area contributed by atoms with Gasteiger partial charge in [-0.25, -0.2) is 4.39 Å². The largest absolute Gasteiger partial charge is 0.508 e. The molecule has 1 fully saturated rings. The van der Waals surface area contributed by atoms with Crippen LogP contribution in [-0.2, 0) is 0 Å². The first-order valence-corrected chi connectivity index (χ1v) is 6.12. The van der Waals surface area contributed by atoms with E-state index in [0.29, 0.717) is 31.5 Å². The van der Waals surface area contributed by atoms with E-state index in [1.807, 2.05) is 0 Å². The molecule has 0 aromatic heterocycles. The summed E-state index contributed by atoms with van der Waals surface area (Å²) in [5.74, 6) is -0.558. The van der Waals surface area contributed by atoms with Crippen LogP contribution in [0.4, 0.5) is 17.6 Å². The fraction of sp³-hybridized carbons (Fsp3) is 0.538. The number of likely N-dealkylation sites (tertiary alicyclic amines) is 1. The minimum atomic E-state index is -4.19. The molecule has 0 radical (unpaired) electrons. The summed E-state index contributed by atoms with van der Waals surface area (Å²) >= 11 is 0. The number of phenols is 1. The first-order valence-electron chi connectivity index (χ1n) is 6.12. The topological polar surface area (TPSA) is 23.5 Å². The smallest absolute Gasteiger partial charge is 0.401 e. The van der Waals surface area contributed by atoms with Gasteiger partial charge in [0.05, 0.1) is 6.54 Å². The summed E-state index contributed by atoms with van der Waals surface area (Å²) in [5.41, 5.74) is 0.395. The summed E-state index contributed by atoms with van der Waals surface area (Å²) in [5, 5.41) is 9.35. The highest BCUT2D eigenvalue weighted by molar-refractivity contribution is 5.31. The van der Waals surface area contributed by atoms with E-state index in [4.69, 9.17) is 0 Å². The molecule has 1 heterocycles. The lowest BCUT2D eigenvalue weighted by atomic mass is 9.89. The standard InChI is InChI=1S/C13H15F4NO/c14-12-2-1-10(19)7-11(12)9-3-5-18(6-4-9)8-13(15,16)17/h1-2,7,9,19H,3-6,8H2. The Bertz CT molecular complexity index is 439. The van der Waals surface area contributed by atoms with Crippen LogP contribution in [0.2, 0.25) is 0 Å². The van der Waals surface area contributed by atoms with Gasteiger partial charge in [-0.2, -0.15) is 13.2 Å². The van der Waals surface area contributed by atoms with E-state index < -0.39 is 18.5 Å². The van der Waals surface area contributed by atoms with Gasteiger partial charge in [-0.1, -0.05) is 0 Å². The third-order valence-corrected chi connectivity index (χ3v) is 3.41. The summed E-state index contributed by atoms with van der Waals surface area (Å²) in [6.07, 6.45) is -3.25. The molecule has 0 aliphatic carbocycles. The molecule has 0 amide bonds. The van der Waals surface area contributed by atoms with E-state index >= 15 is 0 Å². The van der Waals surface area contributed by atoms with Gasteiger partial charge in [-0.3, -0.25) is 4.90 Å². The number of nitrogens with zero attached hydrogens (tertiary/aromatic N) is 1. The molecule has 106 valence electrons. The molecule has 1 aliphatic rings. The normalized spacial score (nSPS) is 18.7. The molecule has 2 rings (SSSR count). The Labute approximate surface area is 108 Å². The summed E-state index contributed by atoms with van der Waals surface area (Å²) in [6.45, 7) is -0.333. The Kier molecular flexibility index (Phi) is 3.99. The molecule has 2 nitrogen and oxygen atoms in total. The zero-order valence-corrected chi connectivity index (χ0v) is 10.3. The molecule has 19 heavy (non-hydrogen) atoms. The SMILES string of the molecule is Oc1ccc(F)c(C2CCN(CC(F)(F)F)CC2)c1. The van der Waals surface area contributed by atoms with Crippen molar-refractivity contribution >= 4 is 0 Å². The van der Waals surface area contributed by atoms with Crippen molar-refractivity contribution in [2.75, 3.05) is 19.6 Å². The van der Waals surface area contributed by atoms with Crippen LogP contribution >= 0.6 is 0 Å². The third kappa shape index (κ3) is 3.83. The lowest BCUT2D eigenvalue weighted by Crippen LogP contribution is -2.39. The molecule has 1 aromatic rings. The van der Waals surface area contributed by atoms with E-state index in [9.17, 15) is 22.7 Å². The number of rotatable bonds is 2. The molecule has 1 N–H and O–H groups in total. The van der Waals surface area contributed by atoms with Crippen molar-refractivity contribution < 1.29 is 22.7 Å². The second-order valence-electron chi connectivity index (χ2n) is 4.87. The van der Waals surface area contributed by atoms with Crippen LogP contribution in [0, 0.1) is 5.82 Å². The molecule has 0 atom stereocenters. The maximum Gasteiger partial charge on any atom is 0.401 e. The molecular weight excluding hydrogens is 262 g/mol. The monoisotopic (exact) mass is 277 g/mol. The Morgan fingerprint density at radius 2 is 1.84 bits per heavy atom. The predicted molar refractivity (Wildman–Crippen MR) is 62.5 cm³/mol. The van der Waals surface area contributed by atoms with Crippen LogP contribution < -0.4 is 0 Å². The fourth-order valence-corrected chi connectivity index (χ4v) is 2.50. The number of halogens is 4. The number of alkyl halides is 3. The Morgan fingerprint density at radius 3 is 2.42 bits per heavy atom. The highest BCUT2D eigenvalue weighted by Crippen LogP contribution is 2.32. The maximum atomic E-state index is 13.6. The molecule has 1 aromatic carbocycles. The maximum absolute atomic E-state index is 13.6. The number of hydrogen-bond donors (Lipinski definition) is 1.